The highest BCUT2D eigenvalue weighted by Gasteiger charge is 1.99. The molecule has 0 N–H and O–H groups in total. The van der Waals surface area contributed by atoms with Crippen LogP contribution in [0.5, 0.6) is 5.75 Å². The minimum absolute atomic E-state index is 0.558. The van der Waals surface area contributed by atoms with Crippen LogP contribution in [0.4, 0.5) is 0 Å². The molecular formula is C13H16N2O. The molecule has 0 bridgehead atoms. The van der Waals surface area contributed by atoms with Crippen molar-refractivity contribution >= 4 is 0 Å². The van der Waals surface area contributed by atoms with Gasteiger partial charge in [0.25, 0.3) is 0 Å². The first kappa shape index (κ1) is 10.7. The van der Waals surface area contributed by atoms with E-state index in [1.54, 1.807) is 6.33 Å². The molecule has 0 radical (unpaired) electrons. The third-order valence-electron chi connectivity index (χ3n) is 2.63. The Morgan fingerprint density at radius 2 is 2.00 bits per heavy atom. The van der Waals surface area contributed by atoms with Crippen molar-refractivity contribution in [3.8, 4) is 5.75 Å². The molecule has 1 heterocycles. The van der Waals surface area contributed by atoms with Crippen LogP contribution >= 0.6 is 0 Å². The van der Waals surface area contributed by atoms with Crippen LogP contribution in [0.15, 0.2) is 36.8 Å². The van der Waals surface area contributed by atoms with Crippen LogP contribution in [-0.2, 0) is 20.1 Å². The first-order valence-corrected chi connectivity index (χ1v) is 5.46. The zero-order chi connectivity index (χ0) is 11.4. The summed E-state index contributed by atoms with van der Waals surface area (Å²) in [5, 5.41) is 0. The van der Waals surface area contributed by atoms with Crippen LogP contribution in [0.2, 0.25) is 0 Å². The maximum absolute atomic E-state index is 5.67. The van der Waals surface area contributed by atoms with Gasteiger partial charge in [-0.15, -0.1) is 0 Å². The predicted molar refractivity (Wildman–Crippen MR) is 63.4 cm³/mol. The van der Waals surface area contributed by atoms with Crippen molar-refractivity contribution in [3.05, 3.63) is 48.0 Å². The van der Waals surface area contributed by atoms with E-state index < -0.39 is 0 Å². The van der Waals surface area contributed by atoms with Gasteiger partial charge in [0.1, 0.15) is 12.4 Å². The van der Waals surface area contributed by atoms with E-state index in [1.807, 2.05) is 29.9 Å². The summed E-state index contributed by atoms with van der Waals surface area (Å²) in [6.07, 6.45) is 4.65. The molecule has 3 nitrogen and oxygen atoms in total. The molecule has 16 heavy (non-hydrogen) atoms. The fourth-order valence-electron chi connectivity index (χ4n) is 1.50. The number of nitrogens with zero attached hydrogens (tertiary/aromatic N) is 2. The lowest BCUT2D eigenvalue weighted by Gasteiger charge is -2.06. The summed E-state index contributed by atoms with van der Waals surface area (Å²) in [6, 6.07) is 8.21. The number of imidazole rings is 1. The van der Waals surface area contributed by atoms with E-state index in [0.29, 0.717) is 6.61 Å². The summed E-state index contributed by atoms with van der Waals surface area (Å²) in [7, 11) is 1.96. The third-order valence-corrected chi connectivity index (χ3v) is 2.63. The molecule has 0 atom stereocenters. The number of rotatable bonds is 4. The van der Waals surface area contributed by atoms with Gasteiger partial charge in [0.05, 0.1) is 18.2 Å². The van der Waals surface area contributed by atoms with Crippen molar-refractivity contribution in [2.24, 2.45) is 7.05 Å². The van der Waals surface area contributed by atoms with Crippen molar-refractivity contribution in [3.63, 3.8) is 0 Å². The van der Waals surface area contributed by atoms with Crippen molar-refractivity contribution in [2.45, 2.75) is 20.0 Å². The SMILES string of the molecule is CCc1ccc(OCc2cncn2C)cc1. The Morgan fingerprint density at radius 1 is 1.25 bits per heavy atom. The van der Waals surface area contributed by atoms with E-state index in [1.165, 1.54) is 5.56 Å². The molecule has 0 amide bonds. The summed E-state index contributed by atoms with van der Waals surface area (Å²) >= 11 is 0. The van der Waals surface area contributed by atoms with Gasteiger partial charge in [-0.05, 0) is 24.1 Å². The van der Waals surface area contributed by atoms with Crippen molar-refractivity contribution in [1.29, 1.82) is 0 Å². The lowest BCUT2D eigenvalue weighted by atomic mass is 10.2. The molecule has 1 aromatic heterocycles. The quantitative estimate of drug-likeness (QED) is 0.785. The molecule has 0 aliphatic heterocycles. The number of hydrogen-bond acceptors (Lipinski definition) is 2. The van der Waals surface area contributed by atoms with Crippen molar-refractivity contribution in [2.75, 3.05) is 0 Å². The highest BCUT2D eigenvalue weighted by atomic mass is 16.5. The summed E-state index contributed by atoms with van der Waals surface area (Å²) in [6.45, 7) is 2.70. The zero-order valence-corrected chi connectivity index (χ0v) is 9.68. The maximum atomic E-state index is 5.67. The average Bonchev–Trinajstić information content (AvgIpc) is 2.73. The summed E-state index contributed by atoms with van der Waals surface area (Å²) in [5.74, 6) is 0.901. The van der Waals surface area contributed by atoms with Gasteiger partial charge in [0.2, 0.25) is 0 Å². The molecule has 0 aliphatic rings. The largest absolute Gasteiger partial charge is 0.487 e. The van der Waals surface area contributed by atoms with Gasteiger partial charge < -0.3 is 9.30 Å². The molecule has 3 heteroatoms. The van der Waals surface area contributed by atoms with E-state index in [2.05, 4.69) is 24.0 Å². The Kier molecular flexibility index (Phi) is 3.25. The van der Waals surface area contributed by atoms with E-state index in [9.17, 15) is 0 Å². The van der Waals surface area contributed by atoms with Gasteiger partial charge in [-0.1, -0.05) is 19.1 Å². The number of hydrogen-bond donors (Lipinski definition) is 0. The van der Waals surface area contributed by atoms with Gasteiger partial charge in [-0.3, -0.25) is 0 Å². The first-order chi connectivity index (χ1) is 7.79. The lowest BCUT2D eigenvalue weighted by molar-refractivity contribution is 0.297. The lowest BCUT2D eigenvalue weighted by Crippen LogP contribution is -2.00. The van der Waals surface area contributed by atoms with E-state index in [4.69, 9.17) is 4.74 Å². The minimum atomic E-state index is 0.558. The molecule has 0 saturated heterocycles. The van der Waals surface area contributed by atoms with Gasteiger partial charge in [0.15, 0.2) is 0 Å². The summed E-state index contributed by atoms with van der Waals surface area (Å²) in [5.41, 5.74) is 2.40. The van der Waals surface area contributed by atoms with E-state index in [0.717, 1.165) is 17.9 Å². The van der Waals surface area contributed by atoms with Crippen molar-refractivity contribution < 1.29 is 4.74 Å². The second-order valence-electron chi connectivity index (χ2n) is 3.78. The fraction of sp³-hybridized carbons (Fsp3) is 0.308. The second kappa shape index (κ2) is 4.84. The smallest absolute Gasteiger partial charge is 0.130 e. The van der Waals surface area contributed by atoms with Gasteiger partial charge >= 0.3 is 0 Å². The molecule has 0 unspecified atom stereocenters. The maximum Gasteiger partial charge on any atom is 0.130 e. The summed E-state index contributed by atoms with van der Waals surface area (Å²) in [4.78, 5) is 4.04. The van der Waals surface area contributed by atoms with Crippen LogP contribution in [0.1, 0.15) is 18.2 Å². The van der Waals surface area contributed by atoms with Crippen LogP contribution in [-0.4, -0.2) is 9.55 Å². The predicted octanol–water partition coefficient (Wildman–Crippen LogP) is 2.56. The first-order valence-electron chi connectivity index (χ1n) is 5.46. The van der Waals surface area contributed by atoms with Gasteiger partial charge in [-0.25, -0.2) is 4.98 Å². The van der Waals surface area contributed by atoms with Crippen LogP contribution in [0.25, 0.3) is 0 Å². The molecule has 1 aromatic carbocycles. The molecule has 0 saturated carbocycles. The summed E-state index contributed by atoms with van der Waals surface area (Å²) < 4.78 is 7.63. The Labute approximate surface area is 95.7 Å². The number of benzene rings is 1. The molecule has 2 rings (SSSR count). The van der Waals surface area contributed by atoms with E-state index in [-0.39, 0.29) is 0 Å². The third kappa shape index (κ3) is 2.42. The Hall–Kier alpha value is -1.77. The Morgan fingerprint density at radius 3 is 2.56 bits per heavy atom. The fourth-order valence-corrected chi connectivity index (χ4v) is 1.50. The highest BCUT2D eigenvalue weighted by molar-refractivity contribution is 5.27. The Balaban J connectivity index is 1.97. The standard InChI is InChI=1S/C13H16N2O/c1-3-11-4-6-13(7-5-11)16-9-12-8-14-10-15(12)2/h4-8,10H,3,9H2,1-2H3. The van der Waals surface area contributed by atoms with Crippen LogP contribution in [0.3, 0.4) is 0 Å². The van der Waals surface area contributed by atoms with Crippen LogP contribution < -0.4 is 4.74 Å². The molecular weight excluding hydrogens is 200 g/mol. The Bertz CT molecular complexity index is 445. The minimum Gasteiger partial charge on any atom is -0.487 e. The molecule has 0 fully saturated rings. The zero-order valence-electron chi connectivity index (χ0n) is 9.68. The van der Waals surface area contributed by atoms with Crippen molar-refractivity contribution in [1.82, 2.24) is 9.55 Å². The molecule has 2 aromatic rings. The van der Waals surface area contributed by atoms with Crippen LogP contribution in [0, 0.1) is 0 Å². The second-order valence-corrected chi connectivity index (χ2v) is 3.78. The molecule has 0 spiro atoms. The van der Waals surface area contributed by atoms with Gasteiger partial charge in [0, 0.05) is 7.05 Å². The molecule has 0 aliphatic carbocycles. The highest BCUT2D eigenvalue weighted by Crippen LogP contribution is 2.14. The number of aryl methyl sites for hydroxylation is 2. The number of ether oxygens (including phenoxy) is 1. The average molecular weight is 216 g/mol. The number of aromatic nitrogens is 2. The van der Waals surface area contributed by atoms with E-state index >= 15 is 0 Å². The molecule has 84 valence electrons. The topological polar surface area (TPSA) is 27.1 Å². The van der Waals surface area contributed by atoms with Gasteiger partial charge in [-0.2, -0.15) is 0 Å². The monoisotopic (exact) mass is 216 g/mol. The normalized spacial score (nSPS) is 10.4.